The number of hydrogen-bond acceptors (Lipinski definition) is 4. The van der Waals surface area contributed by atoms with Crippen molar-refractivity contribution in [1.82, 2.24) is 10.2 Å². The number of aromatic amines is 1. The van der Waals surface area contributed by atoms with Gasteiger partial charge in [0, 0.05) is 13.1 Å². The molecule has 14 heavy (non-hydrogen) atoms. The molecule has 0 bridgehead atoms. The van der Waals surface area contributed by atoms with E-state index in [1.807, 2.05) is 18.7 Å². The molecule has 0 saturated heterocycles. The molecule has 78 valence electrons. The van der Waals surface area contributed by atoms with E-state index >= 15 is 0 Å². The third-order valence-corrected chi connectivity index (χ3v) is 2.20. The van der Waals surface area contributed by atoms with Gasteiger partial charge >= 0.3 is 5.82 Å². The minimum atomic E-state index is -0.449. The van der Waals surface area contributed by atoms with Gasteiger partial charge in [-0.1, -0.05) is 5.10 Å². The van der Waals surface area contributed by atoms with E-state index in [9.17, 15) is 10.1 Å². The van der Waals surface area contributed by atoms with Gasteiger partial charge in [0.2, 0.25) is 0 Å². The summed E-state index contributed by atoms with van der Waals surface area (Å²) in [6, 6.07) is 0. The van der Waals surface area contributed by atoms with Crippen molar-refractivity contribution in [1.29, 1.82) is 0 Å². The van der Waals surface area contributed by atoms with Gasteiger partial charge in [-0.25, -0.2) is 0 Å². The average Bonchev–Trinajstić information content (AvgIpc) is 2.51. The van der Waals surface area contributed by atoms with Crippen LogP contribution in [0.15, 0.2) is 0 Å². The predicted octanol–water partition coefficient (Wildman–Crippen LogP) is 1.47. The number of nitrogens with zero attached hydrogens (tertiary/aromatic N) is 3. The van der Waals surface area contributed by atoms with E-state index in [4.69, 9.17) is 0 Å². The van der Waals surface area contributed by atoms with Crippen molar-refractivity contribution in [2.75, 3.05) is 18.0 Å². The Labute approximate surface area is 82.1 Å². The first-order chi connectivity index (χ1) is 6.61. The van der Waals surface area contributed by atoms with Crippen LogP contribution in [-0.4, -0.2) is 28.2 Å². The minimum Gasteiger partial charge on any atom is -0.358 e. The highest BCUT2D eigenvalue weighted by molar-refractivity contribution is 5.53. The van der Waals surface area contributed by atoms with Crippen LogP contribution >= 0.6 is 0 Å². The van der Waals surface area contributed by atoms with Crippen molar-refractivity contribution in [3.8, 4) is 0 Å². The van der Waals surface area contributed by atoms with E-state index in [0.29, 0.717) is 11.4 Å². The van der Waals surface area contributed by atoms with E-state index in [1.165, 1.54) is 0 Å². The Bertz CT molecular complexity index is 330. The smallest absolute Gasteiger partial charge is 0.347 e. The van der Waals surface area contributed by atoms with Crippen molar-refractivity contribution in [3.63, 3.8) is 0 Å². The lowest BCUT2D eigenvalue weighted by Gasteiger charge is -2.17. The number of rotatable bonds is 4. The Balaban J connectivity index is 3.05. The lowest BCUT2D eigenvalue weighted by molar-refractivity contribution is -0.390. The summed E-state index contributed by atoms with van der Waals surface area (Å²) >= 11 is 0. The molecule has 0 aliphatic heterocycles. The maximum atomic E-state index is 10.6. The van der Waals surface area contributed by atoms with Crippen molar-refractivity contribution in [3.05, 3.63) is 15.7 Å². The van der Waals surface area contributed by atoms with Crippen LogP contribution in [0.5, 0.6) is 0 Å². The van der Waals surface area contributed by atoms with Crippen LogP contribution in [0, 0.1) is 17.0 Å². The van der Waals surface area contributed by atoms with Gasteiger partial charge in [-0.05, 0) is 25.7 Å². The zero-order valence-electron chi connectivity index (χ0n) is 8.57. The molecule has 0 fully saturated rings. The van der Waals surface area contributed by atoms with Crippen molar-refractivity contribution >= 4 is 11.6 Å². The second-order valence-corrected chi connectivity index (χ2v) is 2.95. The van der Waals surface area contributed by atoms with Crippen LogP contribution in [0.4, 0.5) is 11.6 Å². The first kappa shape index (κ1) is 10.5. The molecule has 0 aromatic carbocycles. The Morgan fingerprint density at radius 3 is 2.43 bits per heavy atom. The third kappa shape index (κ3) is 1.68. The Morgan fingerprint density at radius 2 is 2.07 bits per heavy atom. The fourth-order valence-electron chi connectivity index (χ4n) is 1.39. The second-order valence-electron chi connectivity index (χ2n) is 2.95. The molecule has 0 atom stereocenters. The largest absolute Gasteiger partial charge is 0.358 e. The Morgan fingerprint density at radius 1 is 1.50 bits per heavy atom. The molecule has 0 amide bonds. The molecule has 1 N–H and O–H groups in total. The lowest BCUT2D eigenvalue weighted by Crippen LogP contribution is -2.22. The van der Waals surface area contributed by atoms with Gasteiger partial charge in [0.15, 0.2) is 5.82 Å². The minimum absolute atomic E-state index is 0.0214. The first-order valence-corrected chi connectivity index (χ1v) is 4.56. The fraction of sp³-hybridized carbons (Fsp3) is 0.625. The van der Waals surface area contributed by atoms with Crippen LogP contribution < -0.4 is 4.90 Å². The van der Waals surface area contributed by atoms with Gasteiger partial charge in [-0.3, -0.25) is 0 Å². The average molecular weight is 198 g/mol. The number of hydrogen-bond donors (Lipinski definition) is 1. The molecule has 1 heterocycles. The van der Waals surface area contributed by atoms with E-state index in [1.54, 1.807) is 6.92 Å². The summed E-state index contributed by atoms with van der Waals surface area (Å²) in [6.07, 6.45) is 0. The van der Waals surface area contributed by atoms with E-state index in [-0.39, 0.29) is 5.82 Å². The molecule has 0 aliphatic carbocycles. The van der Waals surface area contributed by atoms with Crippen LogP contribution in [0.1, 0.15) is 19.4 Å². The van der Waals surface area contributed by atoms with Crippen molar-refractivity contribution in [2.45, 2.75) is 20.8 Å². The molecule has 6 nitrogen and oxygen atoms in total. The molecule has 1 rings (SSSR count). The van der Waals surface area contributed by atoms with E-state index < -0.39 is 4.92 Å². The van der Waals surface area contributed by atoms with E-state index in [2.05, 4.69) is 10.2 Å². The number of nitro groups is 1. The fourth-order valence-corrected chi connectivity index (χ4v) is 1.39. The molecule has 1 aromatic rings. The molecular weight excluding hydrogens is 184 g/mol. The van der Waals surface area contributed by atoms with Gasteiger partial charge in [-0.15, -0.1) is 5.10 Å². The lowest BCUT2D eigenvalue weighted by atomic mass is 10.3. The summed E-state index contributed by atoms with van der Waals surface area (Å²) < 4.78 is 0. The van der Waals surface area contributed by atoms with Crippen molar-refractivity contribution < 1.29 is 4.92 Å². The summed E-state index contributed by atoms with van der Waals surface area (Å²) in [4.78, 5) is 12.1. The first-order valence-electron chi connectivity index (χ1n) is 4.56. The Hall–Kier alpha value is -1.59. The monoisotopic (exact) mass is 198 g/mol. The zero-order chi connectivity index (χ0) is 10.7. The second kappa shape index (κ2) is 4.08. The summed E-state index contributed by atoms with van der Waals surface area (Å²) in [6.45, 7) is 7.26. The highest BCUT2D eigenvalue weighted by Crippen LogP contribution is 2.24. The highest BCUT2D eigenvalue weighted by Gasteiger charge is 2.20. The van der Waals surface area contributed by atoms with Gasteiger partial charge in [0.25, 0.3) is 0 Å². The summed E-state index contributed by atoms with van der Waals surface area (Å²) in [5, 5.41) is 16.9. The molecule has 6 heteroatoms. The van der Waals surface area contributed by atoms with Crippen LogP contribution in [0.3, 0.4) is 0 Å². The number of H-pyrrole nitrogens is 1. The van der Waals surface area contributed by atoms with E-state index in [0.717, 1.165) is 13.1 Å². The summed E-state index contributed by atoms with van der Waals surface area (Å²) in [5.41, 5.74) is 0.596. The van der Waals surface area contributed by atoms with Gasteiger partial charge in [0.05, 0.1) is 5.56 Å². The zero-order valence-corrected chi connectivity index (χ0v) is 8.57. The molecule has 0 spiro atoms. The maximum Gasteiger partial charge on any atom is 0.347 e. The predicted molar refractivity (Wildman–Crippen MR) is 53.5 cm³/mol. The van der Waals surface area contributed by atoms with Crippen LogP contribution in [0.25, 0.3) is 0 Å². The normalized spacial score (nSPS) is 10.2. The van der Waals surface area contributed by atoms with Gasteiger partial charge in [0.1, 0.15) is 0 Å². The number of aromatic nitrogens is 2. The molecule has 0 radical (unpaired) electrons. The Kier molecular flexibility index (Phi) is 3.06. The van der Waals surface area contributed by atoms with Crippen LogP contribution in [0.2, 0.25) is 0 Å². The maximum absolute atomic E-state index is 10.6. The standard InChI is InChI=1S/C8H14N4O2/c1-4-11(5-2)7-6(3)8(10-9-7)12(13)14/h4-5H2,1-3H3,(H,9,10). The molecule has 0 aliphatic rings. The molecule has 1 aromatic heterocycles. The molecular formula is C8H14N4O2. The summed E-state index contributed by atoms with van der Waals surface area (Å²) in [7, 11) is 0. The SMILES string of the molecule is CCN(CC)c1n[nH]c([N+](=O)[O-])c1C. The van der Waals surface area contributed by atoms with Gasteiger partial charge < -0.3 is 15.0 Å². The third-order valence-electron chi connectivity index (χ3n) is 2.20. The van der Waals surface area contributed by atoms with Crippen molar-refractivity contribution in [2.24, 2.45) is 0 Å². The number of anilines is 1. The topological polar surface area (TPSA) is 75.1 Å². The highest BCUT2D eigenvalue weighted by atomic mass is 16.6. The molecule has 0 unspecified atom stereocenters. The van der Waals surface area contributed by atoms with Crippen LogP contribution in [-0.2, 0) is 0 Å². The molecule has 0 saturated carbocycles. The van der Waals surface area contributed by atoms with Gasteiger partial charge in [-0.2, -0.15) is 0 Å². The quantitative estimate of drug-likeness (QED) is 0.587. The number of nitrogens with one attached hydrogen (secondary N) is 1. The summed E-state index contributed by atoms with van der Waals surface area (Å²) in [5.74, 6) is 0.647.